The van der Waals surface area contributed by atoms with Crippen LogP contribution in [0.5, 0.6) is 0 Å². The Morgan fingerprint density at radius 2 is 2.39 bits per heavy atom. The number of carboxylic acid groups (broad SMARTS) is 1. The Morgan fingerprint density at radius 1 is 1.67 bits per heavy atom. The Morgan fingerprint density at radius 3 is 2.94 bits per heavy atom. The molecule has 6 heteroatoms. The fourth-order valence-corrected chi connectivity index (χ4v) is 1.79. The number of morpholine rings is 1. The number of nitrogens with one attached hydrogen (secondary N) is 1. The van der Waals surface area contributed by atoms with Crippen molar-refractivity contribution in [1.82, 2.24) is 10.2 Å². The molecule has 2 unspecified atom stereocenters. The molecule has 1 heterocycles. The van der Waals surface area contributed by atoms with Gasteiger partial charge in [-0.2, -0.15) is 0 Å². The second-order valence-corrected chi connectivity index (χ2v) is 4.10. The van der Waals surface area contributed by atoms with Gasteiger partial charge in [0.05, 0.1) is 31.7 Å². The van der Waals surface area contributed by atoms with E-state index in [1.54, 1.807) is 0 Å². The van der Waals surface area contributed by atoms with Gasteiger partial charge in [0, 0.05) is 6.54 Å². The molecule has 2 atom stereocenters. The maximum absolute atomic E-state index is 12.0. The molecule has 0 aromatic carbocycles. The van der Waals surface area contributed by atoms with E-state index in [2.05, 4.69) is 11.2 Å². The van der Waals surface area contributed by atoms with Gasteiger partial charge in [-0.05, 0) is 6.42 Å². The average Bonchev–Trinajstić information content (AvgIpc) is 2.35. The van der Waals surface area contributed by atoms with Crippen molar-refractivity contribution in [2.75, 3.05) is 19.8 Å². The summed E-state index contributed by atoms with van der Waals surface area (Å²) in [5.74, 6) is 1.52. The van der Waals surface area contributed by atoms with Gasteiger partial charge in [-0.25, -0.2) is 4.79 Å². The summed E-state index contributed by atoms with van der Waals surface area (Å²) in [4.78, 5) is 24.2. The summed E-state index contributed by atoms with van der Waals surface area (Å²) in [7, 11) is 0. The van der Waals surface area contributed by atoms with Crippen LogP contribution in [0.2, 0.25) is 0 Å². The Kier molecular flexibility index (Phi) is 5.46. The minimum atomic E-state index is -0.952. The summed E-state index contributed by atoms with van der Waals surface area (Å²) < 4.78 is 5.20. The molecule has 1 rings (SSSR count). The van der Waals surface area contributed by atoms with E-state index >= 15 is 0 Å². The van der Waals surface area contributed by atoms with E-state index in [0.717, 1.165) is 0 Å². The van der Waals surface area contributed by atoms with Crippen molar-refractivity contribution in [3.63, 3.8) is 0 Å². The fraction of sp³-hybridized carbons (Fsp3) is 0.667. The number of carbonyl (C=O) groups is 2. The molecule has 0 radical (unpaired) electrons. The van der Waals surface area contributed by atoms with Crippen LogP contribution in [-0.4, -0.2) is 53.8 Å². The topological polar surface area (TPSA) is 78.9 Å². The predicted octanol–water partition coefficient (Wildman–Crippen LogP) is 0.283. The third kappa shape index (κ3) is 3.93. The lowest BCUT2D eigenvalue weighted by Crippen LogP contribution is -2.54. The highest BCUT2D eigenvalue weighted by Crippen LogP contribution is 2.11. The van der Waals surface area contributed by atoms with Gasteiger partial charge in [-0.3, -0.25) is 4.79 Å². The lowest BCUT2D eigenvalue weighted by atomic mass is 10.1. The number of amides is 2. The van der Waals surface area contributed by atoms with Crippen LogP contribution < -0.4 is 5.32 Å². The first-order chi connectivity index (χ1) is 8.58. The van der Waals surface area contributed by atoms with Crippen LogP contribution in [0.15, 0.2) is 0 Å². The number of carboxylic acids is 1. The minimum Gasteiger partial charge on any atom is -0.481 e. The van der Waals surface area contributed by atoms with E-state index in [1.807, 2.05) is 6.92 Å². The van der Waals surface area contributed by atoms with E-state index in [4.69, 9.17) is 16.3 Å². The molecule has 100 valence electrons. The first-order valence-electron chi connectivity index (χ1n) is 5.91. The normalized spacial score (nSPS) is 20.9. The highest BCUT2D eigenvalue weighted by Gasteiger charge is 2.29. The molecule has 0 aromatic rings. The van der Waals surface area contributed by atoms with Gasteiger partial charge in [0.15, 0.2) is 0 Å². The smallest absolute Gasteiger partial charge is 0.318 e. The fourth-order valence-electron chi connectivity index (χ4n) is 1.79. The summed E-state index contributed by atoms with van der Waals surface area (Å²) in [6.07, 6.45) is 5.78. The SMILES string of the molecule is C#CC(CC)NC(=O)N1CCOCC1CC(=O)O. The predicted molar refractivity (Wildman–Crippen MR) is 65.0 cm³/mol. The molecular weight excluding hydrogens is 236 g/mol. The van der Waals surface area contributed by atoms with Crippen LogP contribution in [0.25, 0.3) is 0 Å². The minimum absolute atomic E-state index is 0.125. The number of urea groups is 1. The molecule has 2 amide bonds. The largest absolute Gasteiger partial charge is 0.481 e. The number of rotatable bonds is 4. The van der Waals surface area contributed by atoms with Crippen LogP contribution >= 0.6 is 0 Å². The number of terminal acetylenes is 1. The van der Waals surface area contributed by atoms with Crippen molar-refractivity contribution in [2.45, 2.75) is 31.8 Å². The second kappa shape index (κ2) is 6.87. The van der Waals surface area contributed by atoms with E-state index in [0.29, 0.717) is 19.6 Å². The van der Waals surface area contributed by atoms with Crippen LogP contribution in [0.4, 0.5) is 4.79 Å². The summed E-state index contributed by atoms with van der Waals surface area (Å²) in [6.45, 7) is 2.91. The van der Waals surface area contributed by atoms with E-state index < -0.39 is 12.0 Å². The Bertz CT molecular complexity index is 350. The van der Waals surface area contributed by atoms with Crippen LogP contribution in [0, 0.1) is 12.3 Å². The molecule has 0 aromatic heterocycles. The molecule has 1 fully saturated rings. The second-order valence-electron chi connectivity index (χ2n) is 4.10. The van der Waals surface area contributed by atoms with Crippen molar-refractivity contribution in [3.8, 4) is 12.3 Å². The van der Waals surface area contributed by atoms with Gasteiger partial charge in [-0.15, -0.1) is 6.42 Å². The van der Waals surface area contributed by atoms with E-state index in [9.17, 15) is 9.59 Å². The highest BCUT2D eigenvalue weighted by atomic mass is 16.5. The molecule has 2 N–H and O–H groups in total. The number of hydrogen-bond donors (Lipinski definition) is 2. The van der Waals surface area contributed by atoms with Crippen molar-refractivity contribution in [3.05, 3.63) is 0 Å². The molecule has 1 saturated heterocycles. The van der Waals surface area contributed by atoms with E-state index in [-0.39, 0.29) is 25.1 Å². The molecule has 6 nitrogen and oxygen atoms in total. The van der Waals surface area contributed by atoms with Crippen molar-refractivity contribution in [1.29, 1.82) is 0 Å². The standard InChI is InChI=1S/C12H18N2O4/c1-3-9(4-2)13-12(17)14-5-6-18-8-10(14)7-11(15)16/h1,9-10H,4-8H2,2H3,(H,13,17)(H,15,16). The van der Waals surface area contributed by atoms with Gasteiger partial charge in [-0.1, -0.05) is 12.8 Å². The van der Waals surface area contributed by atoms with Crippen molar-refractivity contribution >= 4 is 12.0 Å². The lowest BCUT2D eigenvalue weighted by molar-refractivity contribution is -0.139. The van der Waals surface area contributed by atoms with Gasteiger partial charge < -0.3 is 20.1 Å². The van der Waals surface area contributed by atoms with Gasteiger partial charge in [0.2, 0.25) is 0 Å². The number of nitrogens with zero attached hydrogens (tertiary/aromatic N) is 1. The first-order valence-corrected chi connectivity index (χ1v) is 5.91. The maximum Gasteiger partial charge on any atom is 0.318 e. The van der Waals surface area contributed by atoms with Gasteiger partial charge in [0.1, 0.15) is 0 Å². The van der Waals surface area contributed by atoms with Crippen LogP contribution in [0.3, 0.4) is 0 Å². The molecule has 0 spiro atoms. The summed E-state index contributed by atoms with van der Waals surface area (Å²) in [5.41, 5.74) is 0. The van der Waals surface area contributed by atoms with Crippen LogP contribution in [-0.2, 0) is 9.53 Å². The highest BCUT2D eigenvalue weighted by molar-refractivity contribution is 5.76. The van der Waals surface area contributed by atoms with Crippen LogP contribution in [0.1, 0.15) is 19.8 Å². The molecule has 1 aliphatic heterocycles. The lowest BCUT2D eigenvalue weighted by Gasteiger charge is -2.35. The Hall–Kier alpha value is -1.74. The van der Waals surface area contributed by atoms with E-state index in [1.165, 1.54) is 4.90 Å². The van der Waals surface area contributed by atoms with Gasteiger partial charge >= 0.3 is 12.0 Å². The zero-order chi connectivity index (χ0) is 13.5. The van der Waals surface area contributed by atoms with Gasteiger partial charge in [0.25, 0.3) is 0 Å². The number of aliphatic carboxylic acids is 1. The van der Waals surface area contributed by atoms with Crippen molar-refractivity contribution < 1.29 is 19.4 Å². The average molecular weight is 254 g/mol. The molecule has 0 aliphatic carbocycles. The third-order valence-electron chi connectivity index (χ3n) is 2.81. The third-order valence-corrected chi connectivity index (χ3v) is 2.81. The number of carbonyl (C=O) groups excluding carboxylic acids is 1. The maximum atomic E-state index is 12.0. The molecule has 0 bridgehead atoms. The molecule has 18 heavy (non-hydrogen) atoms. The summed E-state index contributed by atoms with van der Waals surface area (Å²) in [5, 5.41) is 11.5. The Labute approximate surface area is 106 Å². The quantitative estimate of drug-likeness (QED) is 0.706. The number of hydrogen-bond acceptors (Lipinski definition) is 3. The zero-order valence-electron chi connectivity index (χ0n) is 10.4. The molecule has 0 saturated carbocycles. The Balaban J connectivity index is 2.62. The summed E-state index contributed by atoms with van der Waals surface area (Å²) in [6, 6.07) is -1.09. The summed E-state index contributed by atoms with van der Waals surface area (Å²) >= 11 is 0. The molecule has 1 aliphatic rings. The monoisotopic (exact) mass is 254 g/mol. The zero-order valence-corrected chi connectivity index (χ0v) is 10.4. The first kappa shape index (κ1) is 14.3. The molecular formula is C12H18N2O4. The van der Waals surface area contributed by atoms with Crippen molar-refractivity contribution in [2.24, 2.45) is 0 Å². The number of ether oxygens (including phenoxy) is 1.